The number of ether oxygens (including phenoxy) is 2. The van der Waals surface area contributed by atoms with Crippen molar-refractivity contribution < 1.29 is 17.9 Å². The lowest BCUT2D eigenvalue weighted by atomic mass is 9.83. The maximum atomic E-state index is 11.4. The van der Waals surface area contributed by atoms with Gasteiger partial charge in [0.25, 0.3) is 0 Å². The fraction of sp³-hybridized carbons (Fsp3) is 1.00. The van der Waals surface area contributed by atoms with Crippen molar-refractivity contribution in [2.24, 2.45) is 5.41 Å². The van der Waals surface area contributed by atoms with Crippen LogP contribution in [0.25, 0.3) is 0 Å². The molecular formula is C13H25ClO4S. The monoisotopic (exact) mass is 312 g/mol. The van der Waals surface area contributed by atoms with Gasteiger partial charge in [0.1, 0.15) is 0 Å². The summed E-state index contributed by atoms with van der Waals surface area (Å²) in [6.07, 6.45) is 7.09. The van der Waals surface area contributed by atoms with Crippen LogP contribution in [0, 0.1) is 5.41 Å². The zero-order valence-corrected chi connectivity index (χ0v) is 13.3. The van der Waals surface area contributed by atoms with Crippen LogP contribution < -0.4 is 0 Å². The van der Waals surface area contributed by atoms with Crippen molar-refractivity contribution in [2.75, 3.05) is 32.7 Å². The van der Waals surface area contributed by atoms with Gasteiger partial charge < -0.3 is 9.47 Å². The van der Waals surface area contributed by atoms with E-state index in [1.807, 2.05) is 0 Å². The molecule has 4 nitrogen and oxygen atoms in total. The number of methoxy groups -OCH3 is 1. The molecule has 19 heavy (non-hydrogen) atoms. The predicted molar refractivity (Wildman–Crippen MR) is 77.1 cm³/mol. The van der Waals surface area contributed by atoms with Crippen molar-refractivity contribution in [1.29, 1.82) is 0 Å². The highest BCUT2D eigenvalue weighted by Gasteiger charge is 2.35. The Labute approximate surface area is 121 Å². The Hall–Kier alpha value is 0.160. The van der Waals surface area contributed by atoms with Crippen LogP contribution in [0.4, 0.5) is 0 Å². The van der Waals surface area contributed by atoms with Gasteiger partial charge in [-0.2, -0.15) is 0 Å². The van der Waals surface area contributed by atoms with Crippen LogP contribution in [-0.4, -0.2) is 41.1 Å². The molecule has 1 aliphatic rings. The van der Waals surface area contributed by atoms with Crippen molar-refractivity contribution in [3.63, 3.8) is 0 Å². The maximum absolute atomic E-state index is 11.4. The minimum Gasteiger partial charge on any atom is -0.385 e. The summed E-state index contributed by atoms with van der Waals surface area (Å²) in [4.78, 5) is 0. The second-order valence-corrected chi connectivity index (χ2v) is 8.27. The van der Waals surface area contributed by atoms with Gasteiger partial charge in [0.2, 0.25) is 9.05 Å². The number of rotatable bonds is 8. The van der Waals surface area contributed by atoms with E-state index >= 15 is 0 Å². The van der Waals surface area contributed by atoms with Crippen molar-refractivity contribution in [3.8, 4) is 0 Å². The smallest absolute Gasteiger partial charge is 0.233 e. The first-order chi connectivity index (χ1) is 8.97. The van der Waals surface area contributed by atoms with Gasteiger partial charge in [-0.1, -0.05) is 25.7 Å². The van der Waals surface area contributed by atoms with Crippen molar-refractivity contribution in [1.82, 2.24) is 0 Å². The van der Waals surface area contributed by atoms with Gasteiger partial charge >= 0.3 is 0 Å². The second-order valence-electron chi connectivity index (χ2n) is 5.50. The van der Waals surface area contributed by atoms with E-state index < -0.39 is 9.05 Å². The summed E-state index contributed by atoms with van der Waals surface area (Å²) in [5.74, 6) is 0.0336. The van der Waals surface area contributed by atoms with E-state index in [-0.39, 0.29) is 11.2 Å². The molecule has 0 atom stereocenters. The van der Waals surface area contributed by atoms with Crippen LogP contribution in [0.5, 0.6) is 0 Å². The summed E-state index contributed by atoms with van der Waals surface area (Å²) >= 11 is 0. The first-order valence-electron chi connectivity index (χ1n) is 6.96. The molecular weight excluding hydrogens is 288 g/mol. The number of hydrogen-bond donors (Lipinski definition) is 0. The Morgan fingerprint density at radius 3 is 2.26 bits per heavy atom. The van der Waals surface area contributed by atoms with E-state index in [1.54, 1.807) is 7.11 Å². The summed E-state index contributed by atoms with van der Waals surface area (Å²) in [6, 6.07) is 0. The molecule has 0 heterocycles. The van der Waals surface area contributed by atoms with Crippen LogP contribution in [0.3, 0.4) is 0 Å². The summed E-state index contributed by atoms with van der Waals surface area (Å²) < 4.78 is 33.5. The van der Waals surface area contributed by atoms with Gasteiger partial charge in [0.15, 0.2) is 0 Å². The predicted octanol–water partition coefficient (Wildman–Crippen LogP) is 2.95. The Morgan fingerprint density at radius 1 is 1.11 bits per heavy atom. The quantitative estimate of drug-likeness (QED) is 0.393. The molecule has 0 amide bonds. The Morgan fingerprint density at radius 2 is 1.74 bits per heavy atom. The van der Waals surface area contributed by atoms with Gasteiger partial charge in [-0.3, -0.25) is 0 Å². The minimum atomic E-state index is -3.48. The molecule has 0 bridgehead atoms. The van der Waals surface area contributed by atoms with Crippen molar-refractivity contribution in [2.45, 2.75) is 44.9 Å². The molecule has 0 spiro atoms. The highest BCUT2D eigenvalue weighted by atomic mass is 35.7. The zero-order valence-electron chi connectivity index (χ0n) is 11.7. The van der Waals surface area contributed by atoms with E-state index in [9.17, 15) is 8.42 Å². The summed E-state index contributed by atoms with van der Waals surface area (Å²) in [6.45, 7) is 1.77. The molecule has 1 saturated carbocycles. The van der Waals surface area contributed by atoms with Crippen LogP contribution in [-0.2, 0) is 18.5 Å². The van der Waals surface area contributed by atoms with Gasteiger partial charge in [0, 0.05) is 36.4 Å². The molecule has 0 aromatic rings. The average Bonchev–Trinajstić information content (AvgIpc) is 2.53. The van der Waals surface area contributed by atoms with Crippen molar-refractivity contribution in [3.05, 3.63) is 0 Å². The molecule has 0 unspecified atom stereocenters. The van der Waals surface area contributed by atoms with Crippen LogP contribution >= 0.6 is 10.7 Å². The summed E-state index contributed by atoms with van der Waals surface area (Å²) in [7, 11) is 3.65. The second kappa shape index (κ2) is 8.45. The van der Waals surface area contributed by atoms with E-state index in [4.69, 9.17) is 20.2 Å². The molecule has 6 heteroatoms. The SMILES string of the molecule is COCCCOCC1(CS(=O)(=O)Cl)CCCCCC1. The molecule has 0 aromatic heterocycles. The van der Waals surface area contributed by atoms with Crippen LogP contribution in [0.1, 0.15) is 44.9 Å². The normalized spacial score (nSPS) is 20.1. The van der Waals surface area contributed by atoms with Crippen LogP contribution in [0.2, 0.25) is 0 Å². The van der Waals surface area contributed by atoms with Gasteiger partial charge in [-0.15, -0.1) is 0 Å². The Bertz CT molecular complexity index is 335. The van der Waals surface area contributed by atoms with E-state index in [0.717, 1.165) is 32.1 Å². The largest absolute Gasteiger partial charge is 0.385 e. The fourth-order valence-electron chi connectivity index (χ4n) is 2.77. The first kappa shape index (κ1) is 17.2. The lowest BCUT2D eigenvalue weighted by Crippen LogP contribution is -2.33. The van der Waals surface area contributed by atoms with Crippen LogP contribution in [0.15, 0.2) is 0 Å². The third-order valence-electron chi connectivity index (χ3n) is 3.69. The zero-order chi connectivity index (χ0) is 14.2. The lowest BCUT2D eigenvalue weighted by molar-refractivity contribution is 0.0356. The molecule has 0 aromatic carbocycles. The third-order valence-corrected chi connectivity index (χ3v) is 4.97. The first-order valence-corrected chi connectivity index (χ1v) is 9.44. The standard InChI is InChI=1S/C13H25ClO4S/c1-17-9-6-10-18-11-13(12-19(14,15)16)7-4-2-3-5-8-13/h2-12H2,1H3. The molecule has 0 aliphatic heterocycles. The van der Waals surface area contributed by atoms with E-state index in [0.29, 0.717) is 19.8 Å². The third kappa shape index (κ3) is 7.49. The Kier molecular flexibility index (Phi) is 7.65. The molecule has 0 radical (unpaired) electrons. The Balaban J connectivity index is 2.53. The average molecular weight is 313 g/mol. The summed E-state index contributed by atoms with van der Waals surface area (Å²) in [5, 5.41) is 0. The molecule has 0 saturated heterocycles. The molecule has 1 rings (SSSR count). The van der Waals surface area contributed by atoms with Gasteiger partial charge in [-0.05, 0) is 19.3 Å². The van der Waals surface area contributed by atoms with E-state index in [1.165, 1.54) is 12.8 Å². The minimum absolute atomic E-state index is 0.0336. The summed E-state index contributed by atoms with van der Waals surface area (Å²) in [5.41, 5.74) is -0.288. The van der Waals surface area contributed by atoms with Gasteiger partial charge in [-0.25, -0.2) is 8.42 Å². The molecule has 1 fully saturated rings. The molecule has 114 valence electrons. The molecule has 0 N–H and O–H groups in total. The number of halogens is 1. The van der Waals surface area contributed by atoms with Gasteiger partial charge in [0.05, 0.1) is 12.4 Å². The topological polar surface area (TPSA) is 52.6 Å². The lowest BCUT2D eigenvalue weighted by Gasteiger charge is -2.31. The number of hydrogen-bond acceptors (Lipinski definition) is 4. The van der Waals surface area contributed by atoms with E-state index in [2.05, 4.69) is 0 Å². The highest BCUT2D eigenvalue weighted by molar-refractivity contribution is 8.13. The maximum Gasteiger partial charge on any atom is 0.233 e. The molecule has 1 aliphatic carbocycles. The fourth-order valence-corrected chi connectivity index (χ4v) is 4.57. The highest BCUT2D eigenvalue weighted by Crippen LogP contribution is 2.37. The van der Waals surface area contributed by atoms with Crippen molar-refractivity contribution >= 4 is 19.7 Å².